The highest BCUT2D eigenvalue weighted by atomic mass is 16.7. The van der Waals surface area contributed by atoms with E-state index >= 15 is 0 Å². The molecule has 1 aliphatic rings. The Bertz CT molecular complexity index is 510. The second kappa shape index (κ2) is 5.01. The van der Waals surface area contributed by atoms with E-state index in [0.717, 1.165) is 5.56 Å². The maximum atomic E-state index is 11.6. The third-order valence-corrected chi connectivity index (χ3v) is 3.13. The van der Waals surface area contributed by atoms with E-state index in [1.165, 1.54) is 5.06 Å². The van der Waals surface area contributed by atoms with E-state index in [2.05, 4.69) is 0 Å². The second-order valence-electron chi connectivity index (χ2n) is 5.31. The van der Waals surface area contributed by atoms with E-state index in [1.54, 1.807) is 32.0 Å². The van der Waals surface area contributed by atoms with Crippen LogP contribution >= 0.6 is 0 Å². The molecule has 5 nitrogen and oxygen atoms in total. The van der Waals surface area contributed by atoms with Gasteiger partial charge in [0.1, 0.15) is 0 Å². The van der Waals surface area contributed by atoms with Gasteiger partial charge in [0.2, 0.25) is 0 Å². The highest BCUT2D eigenvalue weighted by Crippen LogP contribution is 2.26. The fourth-order valence-electron chi connectivity index (χ4n) is 1.99. The average molecular weight is 263 g/mol. The first kappa shape index (κ1) is 13.5. The Balaban J connectivity index is 2.20. The summed E-state index contributed by atoms with van der Waals surface area (Å²) < 4.78 is 0. The second-order valence-corrected chi connectivity index (χ2v) is 5.31. The number of amides is 1. The first-order valence-corrected chi connectivity index (χ1v) is 6.18. The van der Waals surface area contributed by atoms with Gasteiger partial charge in [-0.3, -0.25) is 14.4 Å². The van der Waals surface area contributed by atoms with Gasteiger partial charge in [-0.25, -0.2) is 0 Å². The average Bonchev–Trinajstić information content (AvgIpc) is 2.75. The summed E-state index contributed by atoms with van der Waals surface area (Å²) in [7, 11) is 0. The monoisotopic (exact) mass is 263 g/mol. The summed E-state index contributed by atoms with van der Waals surface area (Å²) in [6.45, 7) is 3.75. The summed E-state index contributed by atoms with van der Waals surface area (Å²) in [5.74, 6) is -0.916. The molecular formula is C14H17NO4. The van der Waals surface area contributed by atoms with E-state index in [9.17, 15) is 9.59 Å². The molecule has 1 N–H and O–H groups in total. The largest absolute Gasteiger partial charge is 0.481 e. The highest BCUT2D eigenvalue weighted by molar-refractivity contribution is 5.92. The summed E-state index contributed by atoms with van der Waals surface area (Å²) in [4.78, 5) is 28.0. The smallest absolute Gasteiger partial charge is 0.309 e. The lowest BCUT2D eigenvalue weighted by molar-refractivity contribution is -0.146. The lowest BCUT2D eigenvalue weighted by atomic mass is 9.86. The van der Waals surface area contributed by atoms with Crippen molar-refractivity contribution in [3.05, 3.63) is 29.8 Å². The molecule has 1 aromatic rings. The quantitative estimate of drug-likeness (QED) is 0.902. The highest BCUT2D eigenvalue weighted by Gasteiger charge is 2.28. The van der Waals surface area contributed by atoms with Crippen molar-refractivity contribution in [3.8, 4) is 0 Å². The molecule has 0 unspecified atom stereocenters. The SMILES string of the molecule is CC(C)(Cc1cccc(N2OCCC2=O)c1)C(=O)O. The normalized spacial score (nSPS) is 15.9. The molecule has 1 amide bonds. The molecule has 0 bridgehead atoms. The third-order valence-electron chi connectivity index (χ3n) is 3.13. The molecule has 0 atom stereocenters. The maximum absolute atomic E-state index is 11.6. The van der Waals surface area contributed by atoms with Gasteiger partial charge in [-0.2, -0.15) is 5.06 Å². The van der Waals surface area contributed by atoms with Gasteiger partial charge >= 0.3 is 5.97 Å². The molecule has 1 heterocycles. The fraction of sp³-hybridized carbons (Fsp3) is 0.429. The van der Waals surface area contributed by atoms with Gasteiger partial charge in [-0.15, -0.1) is 0 Å². The number of hydrogen-bond donors (Lipinski definition) is 1. The van der Waals surface area contributed by atoms with Gasteiger partial charge in [-0.1, -0.05) is 12.1 Å². The van der Waals surface area contributed by atoms with Crippen LogP contribution in [-0.4, -0.2) is 23.6 Å². The number of nitrogens with zero attached hydrogens (tertiary/aromatic N) is 1. The van der Waals surface area contributed by atoms with E-state index in [-0.39, 0.29) is 5.91 Å². The summed E-state index contributed by atoms with van der Waals surface area (Å²) in [6.07, 6.45) is 0.781. The van der Waals surface area contributed by atoms with Crippen molar-refractivity contribution in [3.63, 3.8) is 0 Å². The molecule has 0 spiro atoms. The van der Waals surface area contributed by atoms with Crippen LogP contribution in [-0.2, 0) is 20.8 Å². The van der Waals surface area contributed by atoms with Gasteiger partial charge in [-0.05, 0) is 38.0 Å². The minimum atomic E-state index is -0.841. The lowest BCUT2D eigenvalue weighted by Gasteiger charge is -2.20. The lowest BCUT2D eigenvalue weighted by Crippen LogP contribution is -2.26. The van der Waals surface area contributed by atoms with Crippen LogP contribution in [0.1, 0.15) is 25.8 Å². The molecule has 2 rings (SSSR count). The molecule has 1 aromatic carbocycles. The molecule has 102 valence electrons. The van der Waals surface area contributed by atoms with Crippen molar-refractivity contribution >= 4 is 17.6 Å². The first-order chi connectivity index (χ1) is 8.90. The number of anilines is 1. The van der Waals surface area contributed by atoms with Gasteiger partial charge in [0, 0.05) is 0 Å². The summed E-state index contributed by atoms with van der Waals surface area (Å²) in [5, 5.41) is 10.4. The summed E-state index contributed by atoms with van der Waals surface area (Å²) in [6, 6.07) is 7.24. The Morgan fingerprint density at radius 3 is 2.79 bits per heavy atom. The van der Waals surface area contributed by atoms with E-state index in [0.29, 0.717) is 25.1 Å². The number of carboxylic acid groups (broad SMARTS) is 1. The van der Waals surface area contributed by atoms with Gasteiger partial charge in [0.05, 0.1) is 24.1 Å². The standard InChI is InChI=1S/C14H17NO4/c1-14(2,13(17)18)9-10-4-3-5-11(8-10)15-12(16)6-7-19-15/h3-5,8H,6-7,9H2,1-2H3,(H,17,18). The summed E-state index contributed by atoms with van der Waals surface area (Å²) in [5.41, 5.74) is 0.684. The minimum absolute atomic E-state index is 0.0744. The fourth-order valence-corrected chi connectivity index (χ4v) is 1.99. The number of hydroxylamine groups is 1. The summed E-state index contributed by atoms with van der Waals surface area (Å²) >= 11 is 0. The molecule has 0 aromatic heterocycles. The topological polar surface area (TPSA) is 66.8 Å². The third kappa shape index (κ3) is 2.93. The van der Waals surface area contributed by atoms with Crippen LogP contribution in [0.25, 0.3) is 0 Å². The Morgan fingerprint density at radius 2 is 2.21 bits per heavy atom. The first-order valence-electron chi connectivity index (χ1n) is 6.18. The van der Waals surface area contributed by atoms with E-state index in [1.807, 2.05) is 6.07 Å². The molecule has 1 fully saturated rings. The van der Waals surface area contributed by atoms with Crippen LogP contribution < -0.4 is 5.06 Å². The van der Waals surface area contributed by atoms with Crippen molar-refractivity contribution in [1.82, 2.24) is 0 Å². The number of carbonyl (C=O) groups excluding carboxylic acids is 1. The minimum Gasteiger partial charge on any atom is -0.481 e. The molecule has 0 saturated carbocycles. The maximum Gasteiger partial charge on any atom is 0.309 e. The number of rotatable bonds is 4. The molecule has 1 aliphatic heterocycles. The predicted octanol–water partition coefficient (Wildman–Crippen LogP) is 2.01. The Morgan fingerprint density at radius 1 is 1.47 bits per heavy atom. The molecular weight excluding hydrogens is 246 g/mol. The van der Waals surface area contributed by atoms with E-state index in [4.69, 9.17) is 9.94 Å². The number of hydrogen-bond acceptors (Lipinski definition) is 3. The molecule has 0 radical (unpaired) electrons. The van der Waals surface area contributed by atoms with Crippen LogP contribution in [0.15, 0.2) is 24.3 Å². The number of aliphatic carboxylic acids is 1. The van der Waals surface area contributed by atoms with Crippen LogP contribution in [0.3, 0.4) is 0 Å². The molecule has 19 heavy (non-hydrogen) atoms. The van der Waals surface area contributed by atoms with Crippen LogP contribution in [0.2, 0.25) is 0 Å². The van der Waals surface area contributed by atoms with Crippen molar-refractivity contribution in [2.75, 3.05) is 11.7 Å². The molecule has 0 aliphatic carbocycles. The predicted molar refractivity (Wildman–Crippen MR) is 69.6 cm³/mol. The number of carboxylic acids is 1. The zero-order valence-electron chi connectivity index (χ0n) is 11.0. The van der Waals surface area contributed by atoms with E-state index < -0.39 is 11.4 Å². The van der Waals surface area contributed by atoms with Crippen molar-refractivity contribution < 1.29 is 19.5 Å². The van der Waals surface area contributed by atoms with Crippen LogP contribution in [0.5, 0.6) is 0 Å². The molecule has 5 heteroatoms. The number of benzene rings is 1. The van der Waals surface area contributed by atoms with Crippen molar-refractivity contribution in [1.29, 1.82) is 0 Å². The zero-order valence-corrected chi connectivity index (χ0v) is 11.0. The van der Waals surface area contributed by atoms with Crippen molar-refractivity contribution in [2.45, 2.75) is 26.7 Å². The van der Waals surface area contributed by atoms with Gasteiger partial charge in [0.25, 0.3) is 5.91 Å². The zero-order chi connectivity index (χ0) is 14.0. The molecule has 1 saturated heterocycles. The van der Waals surface area contributed by atoms with Crippen LogP contribution in [0.4, 0.5) is 5.69 Å². The number of carbonyl (C=O) groups is 2. The Kier molecular flexibility index (Phi) is 3.57. The van der Waals surface area contributed by atoms with Gasteiger partial charge in [0.15, 0.2) is 0 Å². The Hall–Kier alpha value is -1.88. The van der Waals surface area contributed by atoms with Crippen molar-refractivity contribution in [2.24, 2.45) is 5.41 Å². The van der Waals surface area contributed by atoms with Crippen LogP contribution in [0, 0.1) is 5.41 Å². The van der Waals surface area contributed by atoms with Gasteiger partial charge < -0.3 is 5.11 Å². The Labute approximate surface area is 111 Å².